The van der Waals surface area contributed by atoms with Crippen molar-refractivity contribution in [3.8, 4) is 0 Å². The van der Waals surface area contributed by atoms with E-state index < -0.39 is 0 Å². The number of carbonyl (C=O) groups excluding carboxylic acids is 1. The Bertz CT molecular complexity index is 489. The summed E-state index contributed by atoms with van der Waals surface area (Å²) in [4.78, 5) is 11.9. The summed E-state index contributed by atoms with van der Waals surface area (Å²) in [6.07, 6.45) is 6.88. The van der Waals surface area contributed by atoms with Crippen LogP contribution in [0.15, 0.2) is 0 Å². The first kappa shape index (κ1) is 15.1. The molecule has 4 aliphatic carbocycles. The van der Waals surface area contributed by atoms with Gasteiger partial charge in [0.25, 0.3) is 0 Å². The van der Waals surface area contributed by atoms with E-state index in [0.29, 0.717) is 35.9 Å². The van der Waals surface area contributed by atoms with Crippen LogP contribution in [0.3, 0.4) is 0 Å². The number of rotatable bonds is 0. The predicted molar refractivity (Wildman–Crippen MR) is 84.1 cm³/mol. The lowest BCUT2D eigenvalue weighted by molar-refractivity contribution is -0.177. The topological polar surface area (TPSA) is 57.5 Å². The summed E-state index contributed by atoms with van der Waals surface area (Å²) in [7, 11) is 0. The Morgan fingerprint density at radius 1 is 1.05 bits per heavy atom. The van der Waals surface area contributed by atoms with Crippen LogP contribution >= 0.6 is 0 Å². The third-order valence-corrected chi connectivity index (χ3v) is 8.36. The first-order valence-electron chi connectivity index (χ1n) is 9.24. The van der Waals surface area contributed by atoms with Crippen molar-refractivity contribution in [2.24, 2.45) is 34.5 Å². The van der Waals surface area contributed by atoms with Crippen molar-refractivity contribution in [1.82, 2.24) is 0 Å². The van der Waals surface area contributed by atoms with Crippen molar-refractivity contribution in [3.63, 3.8) is 0 Å². The van der Waals surface area contributed by atoms with Crippen LogP contribution in [0.2, 0.25) is 0 Å². The van der Waals surface area contributed by atoms with Crippen LogP contribution in [0.25, 0.3) is 0 Å². The van der Waals surface area contributed by atoms with Crippen molar-refractivity contribution in [1.29, 1.82) is 0 Å². The molecule has 3 heteroatoms. The summed E-state index contributed by atoms with van der Waals surface area (Å²) in [5.74, 6) is 2.34. The van der Waals surface area contributed by atoms with Crippen molar-refractivity contribution >= 4 is 5.78 Å². The van der Waals surface area contributed by atoms with Crippen molar-refractivity contribution < 1.29 is 15.0 Å². The Hall–Kier alpha value is -0.410. The first-order chi connectivity index (χ1) is 10.4. The molecular formula is C19H30O3. The number of carbonyl (C=O) groups is 1. The van der Waals surface area contributed by atoms with E-state index in [1.807, 2.05) is 0 Å². The molecule has 124 valence electrons. The van der Waals surface area contributed by atoms with Gasteiger partial charge in [0.05, 0.1) is 12.2 Å². The molecule has 0 radical (unpaired) electrons. The van der Waals surface area contributed by atoms with Gasteiger partial charge in [-0.25, -0.2) is 0 Å². The lowest BCUT2D eigenvalue weighted by Crippen LogP contribution is -2.59. The highest BCUT2D eigenvalue weighted by atomic mass is 16.3. The summed E-state index contributed by atoms with van der Waals surface area (Å²) >= 11 is 0. The van der Waals surface area contributed by atoms with Gasteiger partial charge in [-0.3, -0.25) is 4.79 Å². The highest BCUT2D eigenvalue weighted by Crippen LogP contribution is 2.65. The Morgan fingerprint density at radius 3 is 2.59 bits per heavy atom. The molecule has 0 unspecified atom stereocenters. The van der Waals surface area contributed by atoms with Gasteiger partial charge in [-0.15, -0.1) is 0 Å². The number of aliphatic hydroxyl groups excluding tert-OH is 2. The Labute approximate surface area is 133 Å². The SMILES string of the molecule is C[C@]12CCC(=O)C[C@@H]1CC[C@@H]1[C@@H]2[C@@H](O)C[C@]2(C)[C@H](O)CC[C@@H]12. The number of Topliss-reactive ketones (excluding diaryl/α,β-unsaturated/α-hetero) is 1. The molecule has 0 spiro atoms. The molecule has 0 bridgehead atoms. The summed E-state index contributed by atoms with van der Waals surface area (Å²) in [5, 5.41) is 21.5. The van der Waals surface area contributed by atoms with E-state index in [1.54, 1.807) is 0 Å². The molecule has 4 aliphatic rings. The minimum absolute atomic E-state index is 0.0890. The van der Waals surface area contributed by atoms with E-state index in [0.717, 1.165) is 44.9 Å². The maximum atomic E-state index is 11.9. The van der Waals surface area contributed by atoms with Crippen LogP contribution in [-0.2, 0) is 4.79 Å². The third-order valence-electron chi connectivity index (χ3n) is 8.36. The minimum atomic E-state index is -0.306. The molecular weight excluding hydrogens is 276 g/mol. The zero-order valence-electron chi connectivity index (χ0n) is 13.9. The monoisotopic (exact) mass is 306 g/mol. The number of aliphatic hydroxyl groups is 2. The average molecular weight is 306 g/mol. The van der Waals surface area contributed by atoms with Gasteiger partial charge in [0.15, 0.2) is 0 Å². The van der Waals surface area contributed by atoms with Gasteiger partial charge in [-0.05, 0) is 73.0 Å². The van der Waals surface area contributed by atoms with E-state index in [-0.39, 0.29) is 23.0 Å². The van der Waals surface area contributed by atoms with E-state index in [1.165, 1.54) is 0 Å². The summed E-state index contributed by atoms with van der Waals surface area (Å²) in [6.45, 7) is 4.55. The zero-order chi connectivity index (χ0) is 15.7. The molecule has 0 aromatic carbocycles. The summed E-state index contributed by atoms with van der Waals surface area (Å²) in [5.41, 5.74) is 0.0411. The van der Waals surface area contributed by atoms with Crippen LogP contribution in [0.1, 0.15) is 65.2 Å². The molecule has 0 aromatic rings. The fraction of sp³-hybridized carbons (Fsp3) is 0.947. The van der Waals surface area contributed by atoms with Gasteiger partial charge in [-0.1, -0.05) is 13.8 Å². The molecule has 22 heavy (non-hydrogen) atoms. The number of hydrogen-bond donors (Lipinski definition) is 2. The lowest BCUT2D eigenvalue weighted by atomic mass is 9.44. The summed E-state index contributed by atoms with van der Waals surface area (Å²) < 4.78 is 0. The van der Waals surface area contributed by atoms with Gasteiger partial charge < -0.3 is 10.2 Å². The number of hydrogen-bond acceptors (Lipinski definition) is 3. The highest BCUT2D eigenvalue weighted by Gasteiger charge is 2.62. The highest BCUT2D eigenvalue weighted by molar-refractivity contribution is 5.79. The second-order valence-electron chi connectivity index (χ2n) is 9.19. The predicted octanol–water partition coefficient (Wildman–Crippen LogP) is 2.93. The molecule has 2 N–H and O–H groups in total. The fourth-order valence-electron chi connectivity index (χ4n) is 7.14. The molecule has 4 saturated carbocycles. The van der Waals surface area contributed by atoms with Crippen LogP contribution in [0, 0.1) is 34.5 Å². The molecule has 0 aliphatic heterocycles. The van der Waals surface area contributed by atoms with Crippen LogP contribution in [0.4, 0.5) is 0 Å². The van der Waals surface area contributed by atoms with Crippen LogP contribution in [-0.4, -0.2) is 28.2 Å². The molecule has 0 heterocycles. The lowest BCUT2D eigenvalue weighted by Gasteiger charge is -2.61. The smallest absolute Gasteiger partial charge is 0.133 e. The van der Waals surface area contributed by atoms with E-state index >= 15 is 0 Å². The normalized spacial score (nSPS) is 57.9. The molecule has 4 rings (SSSR count). The van der Waals surface area contributed by atoms with E-state index in [2.05, 4.69) is 13.8 Å². The Balaban J connectivity index is 1.69. The van der Waals surface area contributed by atoms with Crippen molar-refractivity contribution in [3.05, 3.63) is 0 Å². The van der Waals surface area contributed by atoms with Gasteiger partial charge in [0.1, 0.15) is 5.78 Å². The number of ketones is 1. The van der Waals surface area contributed by atoms with Gasteiger partial charge in [0.2, 0.25) is 0 Å². The largest absolute Gasteiger partial charge is 0.393 e. The van der Waals surface area contributed by atoms with Gasteiger partial charge in [-0.2, -0.15) is 0 Å². The minimum Gasteiger partial charge on any atom is -0.393 e. The number of fused-ring (bicyclic) bond motifs is 5. The van der Waals surface area contributed by atoms with Gasteiger partial charge in [0, 0.05) is 12.8 Å². The molecule has 0 amide bonds. The Morgan fingerprint density at radius 2 is 1.82 bits per heavy atom. The van der Waals surface area contributed by atoms with Crippen LogP contribution in [0.5, 0.6) is 0 Å². The molecule has 4 fully saturated rings. The van der Waals surface area contributed by atoms with Crippen molar-refractivity contribution in [2.75, 3.05) is 0 Å². The fourth-order valence-corrected chi connectivity index (χ4v) is 7.14. The quantitative estimate of drug-likeness (QED) is 0.723. The maximum Gasteiger partial charge on any atom is 0.133 e. The molecule has 0 saturated heterocycles. The zero-order valence-corrected chi connectivity index (χ0v) is 13.9. The second kappa shape index (κ2) is 4.80. The molecule has 8 atom stereocenters. The Kier molecular flexibility index (Phi) is 3.30. The molecule has 0 aromatic heterocycles. The standard InChI is InChI=1S/C19H30O3/c1-18-8-7-12(20)9-11(18)3-4-13-14-5-6-16(22)19(14,2)10-15(21)17(13)18/h11,13-17,21-22H,3-10H2,1-2H3/t11-,13-,14-,15-,16+,17+,18-,19-/m0/s1. The summed E-state index contributed by atoms with van der Waals surface area (Å²) in [6, 6.07) is 0. The van der Waals surface area contributed by atoms with Gasteiger partial charge >= 0.3 is 0 Å². The first-order valence-corrected chi connectivity index (χ1v) is 9.24. The maximum absolute atomic E-state index is 11.9. The average Bonchev–Trinajstić information content (AvgIpc) is 2.75. The third kappa shape index (κ3) is 1.84. The second-order valence-corrected chi connectivity index (χ2v) is 9.19. The van der Waals surface area contributed by atoms with E-state index in [9.17, 15) is 15.0 Å². The van der Waals surface area contributed by atoms with E-state index in [4.69, 9.17) is 0 Å². The van der Waals surface area contributed by atoms with Crippen molar-refractivity contribution in [2.45, 2.75) is 77.4 Å². The molecule has 3 nitrogen and oxygen atoms in total. The van der Waals surface area contributed by atoms with Crippen LogP contribution < -0.4 is 0 Å².